The number of rotatable bonds is 5. The first kappa shape index (κ1) is 19.6. The van der Waals surface area contributed by atoms with E-state index < -0.39 is 0 Å². The maximum Gasteiger partial charge on any atom is 0.261 e. The lowest BCUT2D eigenvalue weighted by Gasteiger charge is -2.18. The molecule has 3 aromatic rings. The summed E-state index contributed by atoms with van der Waals surface area (Å²) in [5.41, 5.74) is 0.771. The van der Waals surface area contributed by atoms with Gasteiger partial charge in [0.2, 0.25) is 11.8 Å². The lowest BCUT2D eigenvalue weighted by molar-refractivity contribution is -0.133. The molecule has 0 bridgehead atoms. The van der Waals surface area contributed by atoms with Gasteiger partial charge in [0, 0.05) is 7.05 Å². The summed E-state index contributed by atoms with van der Waals surface area (Å²) in [6.07, 6.45) is 0. The highest BCUT2D eigenvalue weighted by molar-refractivity contribution is 6.33. The van der Waals surface area contributed by atoms with Crippen LogP contribution in [-0.2, 0) is 16.1 Å². The summed E-state index contributed by atoms with van der Waals surface area (Å²) in [5.74, 6) is -0.327. The molecule has 1 N–H and O–H groups in total. The van der Waals surface area contributed by atoms with E-state index in [1.165, 1.54) is 16.5 Å². The Labute approximate surface area is 166 Å². The van der Waals surface area contributed by atoms with Crippen molar-refractivity contribution in [1.82, 2.24) is 14.5 Å². The molecule has 0 saturated carbocycles. The molecule has 8 heteroatoms. The van der Waals surface area contributed by atoms with Crippen LogP contribution < -0.4 is 10.9 Å². The first-order valence-electron chi connectivity index (χ1n) is 8.61. The number of hydrogen-bond acceptors (Lipinski definition) is 4. The van der Waals surface area contributed by atoms with Crippen LogP contribution in [0.1, 0.15) is 5.82 Å². The molecule has 0 unspecified atom stereocenters. The fourth-order valence-electron chi connectivity index (χ4n) is 2.78. The smallest absolute Gasteiger partial charge is 0.261 e. The molecule has 0 aliphatic carbocycles. The second-order valence-corrected chi connectivity index (χ2v) is 6.75. The van der Waals surface area contributed by atoms with E-state index in [2.05, 4.69) is 10.3 Å². The largest absolute Gasteiger partial charge is 0.335 e. The summed E-state index contributed by atoms with van der Waals surface area (Å²) in [7, 11) is 1.50. The van der Waals surface area contributed by atoms with Crippen molar-refractivity contribution in [3.8, 4) is 0 Å². The number of halogens is 1. The van der Waals surface area contributed by atoms with Crippen molar-refractivity contribution in [1.29, 1.82) is 0 Å². The van der Waals surface area contributed by atoms with E-state index in [1.807, 2.05) is 0 Å². The molecule has 2 amide bonds. The van der Waals surface area contributed by atoms with Crippen molar-refractivity contribution in [2.75, 3.05) is 18.9 Å². The van der Waals surface area contributed by atoms with E-state index in [0.29, 0.717) is 27.4 Å². The minimum absolute atomic E-state index is 0.168. The third-order valence-electron chi connectivity index (χ3n) is 4.30. The van der Waals surface area contributed by atoms with Crippen LogP contribution in [0.5, 0.6) is 0 Å². The number of nitrogens with one attached hydrogen (secondary N) is 1. The zero-order valence-corrected chi connectivity index (χ0v) is 16.2. The van der Waals surface area contributed by atoms with Gasteiger partial charge in [-0.2, -0.15) is 0 Å². The summed E-state index contributed by atoms with van der Waals surface area (Å²) in [6.45, 7) is 1.31. The van der Waals surface area contributed by atoms with Crippen LogP contribution in [0.3, 0.4) is 0 Å². The van der Waals surface area contributed by atoms with Crippen LogP contribution in [-0.4, -0.2) is 39.9 Å². The number of para-hydroxylation sites is 2. The number of nitrogens with zero attached hydrogens (tertiary/aromatic N) is 3. The highest BCUT2D eigenvalue weighted by Crippen LogP contribution is 2.20. The van der Waals surface area contributed by atoms with E-state index in [1.54, 1.807) is 55.5 Å². The molecule has 2 aromatic carbocycles. The zero-order chi connectivity index (χ0) is 20.3. The zero-order valence-electron chi connectivity index (χ0n) is 15.5. The van der Waals surface area contributed by atoms with Gasteiger partial charge in [-0.3, -0.25) is 19.0 Å². The molecule has 0 fully saturated rings. The maximum atomic E-state index is 12.7. The summed E-state index contributed by atoms with van der Waals surface area (Å²) >= 11 is 6.02. The molecule has 0 aliphatic rings. The van der Waals surface area contributed by atoms with Gasteiger partial charge < -0.3 is 10.2 Å². The predicted octanol–water partition coefficient (Wildman–Crippen LogP) is 2.46. The molecule has 3 rings (SSSR count). The molecule has 0 spiro atoms. The van der Waals surface area contributed by atoms with Crippen molar-refractivity contribution >= 4 is 40.0 Å². The summed E-state index contributed by atoms with van der Waals surface area (Å²) in [6, 6.07) is 13.8. The van der Waals surface area contributed by atoms with Crippen LogP contribution in [0.4, 0.5) is 5.69 Å². The number of carbonyl (C=O) groups excluding carboxylic acids is 2. The molecular weight excluding hydrogens is 380 g/mol. The molecule has 0 saturated heterocycles. The molecule has 1 heterocycles. The Morgan fingerprint density at radius 2 is 1.82 bits per heavy atom. The number of carbonyl (C=O) groups is 2. The lowest BCUT2D eigenvalue weighted by atomic mass is 10.2. The van der Waals surface area contributed by atoms with Gasteiger partial charge in [-0.1, -0.05) is 35.9 Å². The molecule has 1 aromatic heterocycles. The SMILES string of the molecule is Cc1nc2ccccc2c(=O)n1CC(=O)N(C)CC(=O)Nc1ccccc1Cl. The standard InChI is InChI=1S/C20H19ClN4O3/c1-13-22-16-9-5-3-7-14(16)20(28)25(13)12-19(27)24(2)11-18(26)23-17-10-6-4-8-15(17)21/h3-10H,11-12H2,1-2H3,(H,23,26). The molecular formula is C20H19ClN4O3. The fourth-order valence-corrected chi connectivity index (χ4v) is 2.96. The van der Waals surface area contributed by atoms with Crippen molar-refractivity contribution in [3.63, 3.8) is 0 Å². The van der Waals surface area contributed by atoms with E-state index in [4.69, 9.17) is 11.6 Å². The van der Waals surface area contributed by atoms with Gasteiger partial charge in [0.05, 0.1) is 28.2 Å². The van der Waals surface area contributed by atoms with Gasteiger partial charge >= 0.3 is 0 Å². The van der Waals surface area contributed by atoms with Crippen LogP contribution in [0, 0.1) is 6.92 Å². The average Bonchev–Trinajstić information content (AvgIpc) is 2.66. The average molecular weight is 399 g/mol. The summed E-state index contributed by atoms with van der Waals surface area (Å²) in [4.78, 5) is 43.0. The van der Waals surface area contributed by atoms with Crippen LogP contribution >= 0.6 is 11.6 Å². The quantitative estimate of drug-likeness (QED) is 0.715. The highest BCUT2D eigenvalue weighted by Gasteiger charge is 2.17. The number of amides is 2. The van der Waals surface area contributed by atoms with Gasteiger partial charge in [-0.05, 0) is 31.2 Å². The number of likely N-dealkylation sites (N-methyl/N-ethyl adjacent to an activating group) is 1. The molecule has 144 valence electrons. The Bertz CT molecular complexity index is 1110. The van der Waals surface area contributed by atoms with Gasteiger partial charge in [0.25, 0.3) is 5.56 Å². The second-order valence-electron chi connectivity index (χ2n) is 6.35. The minimum Gasteiger partial charge on any atom is -0.335 e. The Morgan fingerprint density at radius 3 is 2.57 bits per heavy atom. The van der Waals surface area contributed by atoms with E-state index in [9.17, 15) is 14.4 Å². The number of hydrogen-bond donors (Lipinski definition) is 1. The van der Waals surface area contributed by atoms with Crippen molar-refractivity contribution in [3.05, 3.63) is 69.7 Å². The van der Waals surface area contributed by atoms with Crippen LogP contribution in [0.15, 0.2) is 53.3 Å². The fraction of sp³-hybridized carbons (Fsp3) is 0.200. The van der Waals surface area contributed by atoms with Crippen molar-refractivity contribution in [2.45, 2.75) is 13.5 Å². The second kappa shape index (κ2) is 8.22. The monoisotopic (exact) mass is 398 g/mol. The summed E-state index contributed by atoms with van der Waals surface area (Å²) < 4.78 is 1.31. The Balaban J connectivity index is 1.71. The predicted molar refractivity (Wildman–Crippen MR) is 108 cm³/mol. The summed E-state index contributed by atoms with van der Waals surface area (Å²) in [5, 5.41) is 3.52. The van der Waals surface area contributed by atoms with Gasteiger partial charge in [-0.25, -0.2) is 4.98 Å². The number of aromatic nitrogens is 2. The third kappa shape index (κ3) is 4.20. The van der Waals surface area contributed by atoms with Crippen LogP contribution in [0.2, 0.25) is 5.02 Å². The molecule has 7 nitrogen and oxygen atoms in total. The lowest BCUT2D eigenvalue weighted by Crippen LogP contribution is -2.39. The first-order valence-corrected chi connectivity index (χ1v) is 8.99. The molecule has 28 heavy (non-hydrogen) atoms. The molecule has 0 aliphatic heterocycles. The number of aryl methyl sites for hydroxylation is 1. The van der Waals surface area contributed by atoms with Crippen molar-refractivity contribution in [2.24, 2.45) is 0 Å². The van der Waals surface area contributed by atoms with Crippen LogP contribution in [0.25, 0.3) is 10.9 Å². The topological polar surface area (TPSA) is 84.3 Å². The van der Waals surface area contributed by atoms with E-state index >= 15 is 0 Å². The third-order valence-corrected chi connectivity index (χ3v) is 4.63. The maximum absolute atomic E-state index is 12.7. The Morgan fingerprint density at radius 1 is 1.14 bits per heavy atom. The normalized spacial score (nSPS) is 10.7. The van der Waals surface area contributed by atoms with Gasteiger partial charge in [0.1, 0.15) is 12.4 Å². The number of benzene rings is 2. The number of anilines is 1. The minimum atomic E-state index is -0.385. The van der Waals surface area contributed by atoms with Crippen molar-refractivity contribution < 1.29 is 9.59 Å². The Hall–Kier alpha value is -3.19. The van der Waals surface area contributed by atoms with Gasteiger partial charge in [0.15, 0.2) is 0 Å². The Kier molecular flexibility index (Phi) is 5.75. The number of fused-ring (bicyclic) bond motifs is 1. The molecule has 0 radical (unpaired) electrons. The highest BCUT2D eigenvalue weighted by atomic mass is 35.5. The van der Waals surface area contributed by atoms with E-state index in [-0.39, 0.29) is 30.5 Å². The molecule has 0 atom stereocenters. The van der Waals surface area contributed by atoms with E-state index in [0.717, 1.165) is 0 Å². The first-order chi connectivity index (χ1) is 13.4. The van der Waals surface area contributed by atoms with Gasteiger partial charge in [-0.15, -0.1) is 0 Å².